The van der Waals surface area contributed by atoms with Gasteiger partial charge in [0.25, 0.3) is 0 Å². The summed E-state index contributed by atoms with van der Waals surface area (Å²) in [5, 5.41) is 0. The van der Waals surface area contributed by atoms with Crippen LogP contribution in [0.15, 0.2) is 18.2 Å². The Morgan fingerprint density at radius 2 is 2.06 bits per heavy atom. The Hall–Kier alpha value is -1.38. The number of para-hydroxylation sites is 1. The summed E-state index contributed by atoms with van der Waals surface area (Å²) < 4.78 is 5.69. The number of nitrogens with zero attached hydrogens (tertiary/aromatic N) is 1. The highest BCUT2D eigenvalue weighted by atomic mass is 16.5. The molecule has 1 aromatic carbocycles. The molecule has 0 atom stereocenters. The lowest BCUT2D eigenvalue weighted by Gasteiger charge is -2.28. The van der Waals surface area contributed by atoms with Crippen LogP contribution in [0.4, 0.5) is 11.4 Å². The predicted molar refractivity (Wildman–Crippen MR) is 77.3 cm³/mol. The molecule has 1 aliphatic carbocycles. The van der Waals surface area contributed by atoms with E-state index in [0.29, 0.717) is 6.04 Å². The molecule has 1 saturated carbocycles. The first-order valence-corrected chi connectivity index (χ1v) is 6.98. The first-order chi connectivity index (χ1) is 8.74. The number of nitrogen functional groups attached to an aromatic ring is 1. The second kappa shape index (κ2) is 5.98. The average Bonchev–Trinajstić information content (AvgIpc) is 2.91. The van der Waals surface area contributed by atoms with Crippen LogP contribution in [0, 0.1) is 0 Å². The highest BCUT2D eigenvalue weighted by Crippen LogP contribution is 2.35. The molecule has 0 radical (unpaired) electrons. The maximum atomic E-state index is 6.23. The normalized spacial score (nSPS) is 15.9. The number of rotatable bonds is 5. The number of hydrogen-bond donors (Lipinski definition) is 1. The minimum absolute atomic E-state index is 0.633. The summed E-state index contributed by atoms with van der Waals surface area (Å²) in [6.07, 6.45) is 6.22. The van der Waals surface area contributed by atoms with Gasteiger partial charge in [0.05, 0.1) is 18.0 Å². The van der Waals surface area contributed by atoms with E-state index in [1.165, 1.54) is 25.7 Å². The number of benzene rings is 1. The van der Waals surface area contributed by atoms with Gasteiger partial charge in [0.2, 0.25) is 0 Å². The van der Waals surface area contributed by atoms with Gasteiger partial charge < -0.3 is 15.4 Å². The van der Waals surface area contributed by atoms with Gasteiger partial charge in [-0.2, -0.15) is 0 Å². The van der Waals surface area contributed by atoms with Crippen molar-refractivity contribution in [2.45, 2.75) is 45.1 Å². The highest BCUT2D eigenvalue weighted by Gasteiger charge is 2.21. The van der Waals surface area contributed by atoms with Gasteiger partial charge in [0.15, 0.2) is 0 Å². The van der Waals surface area contributed by atoms with E-state index in [4.69, 9.17) is 10.5 Å². The number of nitrogens with two attached hydrogens (primary N) is 1. The van der Waals surface area contributed by atoms with E-state index in [1.807, 2.05) is 12.1 Å². The topological polar surface area (TPSA) is 38.5 Å². The van der Waals surface area contributed by atoms with E-state index in [2.05, 4.69) is 24.9 Å². The van der Waals surface area contributed by atoms with Gasteiger partial charge in [-0.3, -0.25) is 0 Å². The zero-order chi connectivity index (χ0) is 13.0. The summed E-state index contributed by atoms with van der Waals surface area (Å²) in [4.78, 5) is 2.32. The summed E-state index contributed by atoms with van der Waals surface area (Å²) in [6, 6.07) is 6.71. The summed E-state index contributed by atoms with van der Waals surface area (Å²) in [6.45, 7) is 2.82. The van der Waals surface area contributed by atoms with Crippen LogP contribution in [0.2, 0.25) is 0 Å². The molecule has 0 heterocycles. The molecule has 0 spiro atoms. The van der Waals surface area contributed by atoms with E-state index in [9.17, 15) is 0 Å². The maximum absolute atomic E-state index is 6.23. The lowest BCUT2D eigenvalue weighted by atomic mass is 10.1. The van der Waals surface area contributed by atoms with Crippen molar-refractivity contribution in [2.75, 3.05) is 24.3 Å². The molecule has 0 bridgehead atoms. The lowest BCUT2D eigenvalue weighted by molar-refractivity contribution is 0.319. The van der Waals surface area contributed by atoms with E-state index < -0.39 is 0 Å². The van der Waals surface area contributed by atoms with Crippen LogP contribution in [0.3, 0.4) is 0 Å². The van der Waals surface area contributed by atoms with Gasteiger partial charge in [-0.05, 0) is 31.4 Å². The Morgan fingerprint density at radius 1 is 1.33 bits per heavy atom. The molecule has 0 amide bonds. The maximum Gasteiger partial charge on any atom is 0.144 e. The number of ether oxygens (including phenoxy) is 1. The molecule has 18 heavy (non-hydrogen) atoms. The standard InChI is InChI=1S/C15H24N2O/c1-3-11-18-14-10-6-9-13(15(14)16)17(2)12-7-4-5-8-12/h6,9-10,12H,3-5,7-8,11,16H2,1-2H3. The van der Waals surface area contributed by atoms with E-state index >= 15 is 0 Å². The lowest BCUT2D eigenvalue weighted by Crippen LogP contribution is -2.29. The van der Waals surface area contributed by atoms with Crippen molar-refractivity contribution in [2.24, 2.45) is 0 Å². The molecule has 2 N–H and O–H groups in total. The Labute approximate surface area is 110 Å². The third-order valence-corrected chi connectivity index (χ3v) is 3.76. The Balaban J connectivity index is 2.16. The third kappa shape index (κ3) is 2.71. The molecule has 1 aromatic rings. The average molecular weight is 248 g/mol. The molecule has 2 rings (SSSR count). The third-order valence-electron chi connectivity index (χ3n) is 3.76. The largest absolute Gasteiger partial charge is 0.491 e. The molecule has 1 fully saturated rings. The molecule has 100 valence electrons. The monoisotopic (exact) mass is 248 g/mol. The van der Waals surface area contributed by atoms with Gasteiger partial charge in [-0.1, -0.05) is 25.8 Å². The van der Waals surface area contributed by atoms with Gasteiger partial charge in [0, 0.05) is 13.1 Å². The van der Waals surface area contributed by atoms with Gasteiger partial charge >= 0.3 is 0 Å². The van der Waals surface area contributed by atoms with Gasteiger partial charge in [0.1, 0.15) is 5.75 Å². The summed E-state index contributed by atoms with van der Waals surface area (Å²) >= 11 is 0. The second-order valence-electron chi connectivity index (χ2n) is 5.09. The molecule has 0 saturated heterocycles. The molecule has 3 nitrogen and oxygen atoms in total. The fourth-order valence-electron chi connectivity index (χ4n) is 2.67. The van der Waals surface area contributed by atoms with Gasteiger partial charge in [-0.15, -0.1) is 0 Å². The second-order valence-corrected chi connectivity index (χ2v) is 5.09. The van der Waals surface area contributed by atoms with Crippen LogP contribution in [0.5, 0.6) is 5.75 Å². The van der Waals surface area contributed by atoms with Crippen LogP contribution in [0.1, 0.15) is 39.0 Å². The van der Waals surface area contributed by atoms with Crippen LogP contribution in [-0.2, 0) is 0 Å². The molecule has 1 aliphatic rings. The number of anilines is 2. The predicted octanol–water partition coefficient (Wildman–Crippen LogP) is 3.44. The van der Waals surface area contributed by atoms with Crippen LogP contribution < -0.4 is 15.4 Å². The van der Waals surface area contributed by atoms with Crippen molar-refractivity contribution >= 4 is 11.4 Å². The van der Waals surface area contributed by atoms with Crippen LogP contribution >= 0.6 is 0 Å². The molecular formula is C15H24N2O. The molecule has 0 aliphatic heterocycles. The van der Waals surface area contributed by atoms with E-state index in [0.717, 1.165) is 30.2 Å². The molecular weight excluding hydrogens is 224 g/mol. The SMILES string of the molecule is CCCOc1cccc(N(C)C2CCCC2)c1N. The molecule has 3 heteroatoms. The van der Waals surface area contributed by atoms with E-state index in [1.54, 1.807) is 0 Å². The van der Waals surface area contributed by atoms with Crippen molar-refractivity contribution in [3.05, 3.63) is 18.2 Å². The smallest absolute Gasteiger partial charge is 0.144 e. The van der Waals surface area contributed by atoms with Crippen LogP contribution in [0.25, 0.3) is 0 Å². The van der Waals surface area contributed by atoms with Crippen molar-refractivity contribution in [1.82, 2.24) is 0 Å². The fourth-order valence-corrected chi connectivity index (χ4v) is 2.67. The van der Waals surface area contributed by atoms with Crippen molar-refractivity contribution in [3.8, 4) is 5.75 Å². The summed E-state index contributed by atoms with van der Waals surface area (Å²) in [5.74, 6) is 0.819. The Bertz CT molecular complexity index is 386. The van der Waals surface area contributed by atoms with Gasteiger partial charge in [-0.25, -0.2) is 0 Å². The van der Waals surface area contributed by atoms with Crippen molar-refractivity contribution in [1.29, 1.82) is 0 Å². The minimum Gasteiger partial charge on any atom is -0.491 e. The summed E-state index contributed by atoms with van der Waals surface area (Å²) in [5.41, 5.74) is 8.11. The quantitative estimate of drug-likeness (QED) is 0.811. The Morgan fingerprint density at radius 3 is 2.72 bits per heavy atom. The summed E-state index contributed by atoms with van der Waals surface area (Å²) in [7, 11) is 2.14. The van der Waals surface area contributed by atoms with E-state index in [-0.39, 0.29) is 0 Å². The zero-order valence-electron chi connectivity index (χ0n) is 11.5. The number of hydrogen-bond acceptors (Lipinski definition) is 3. The highest BCUT2D eigenvalue weighted by molar-refractivity contribution is 5.74. The molecule has 0 aromatic heterocycles. The first kappa shape index (κ1) is 13.1. The van der Waals surface area contributed by atoms with Crippen LogP contribution in [-0.4, -0.2) is 19.7 Å². The zero-order valence-corrected chi connectivity index (χ0v) is 11.5. The first-order valence-electron chi connectivity index (χ1n) is 6.98. The van der Waals surface area contributed by atoms with Crippen molar-refractivity contribution < 1.29 is 4.74 Å². The minimum atomic E-state index is 0.633. The van der Waals surface area contributed by atoms with Crippen molar-refractivity contribution in [3.63, 3.8) is 0 Å². The fraction of sp³-hybridized carbons (Fsp3) is 0.600. The Kier molecular flexibility index (Phi) is 4.34. The molecule has 0 unspecified atom stereocenters.